The summed E-state index contributed by atoms with van der Waals surface area (Å²) in [5, 5.41) is 7.39. The summed E-state index contributed by atoms with van der Waals surface area (Å²) in [6.45, 7) is 8.05. The maximum Gasteiger partial charge on any atom is 0.229 e. The molecule has 2 aromatic heterocycles. The van der Waals surface area contributed by atoms with Crippen molar-refractivity contribution in [1.29, 1.82) is 0 Å². The minimum absolute atomic E-state index is 0.0484. The normalized spacial score (nSPS) is 15.2. The number of benzene rings is 2. The summed E-state index contributed by atoms with van der Waals surface area (Å²) in [6, 6.07) is 18.5. The van der Waals surface area contributed by atoms with E-state index in [1.165, 1.54) is 0 Å². The fourth-order valence-corrected chi connectivity index (χ4v) is 4.38. The third-order valence-electron chi connectivity index (χ3n) is 6.21. The van der Waals surface area contributed by atoms with Gasteiger partial charge in [0.25, 0.3) is 0 Å². The molecule has 1 saturated heterocycles. The molecule has 1 unspecified atom stereocenters. The second kappa shape index (κ2) is 9.85. The number of anilines is 2. The van der Waals surface area contributed by atoms with Crippen molar-refractivity contribution in [3.8, 4) is 17.4 Å². The lowest BCUT2D eigenvalue weighted by Crippen LogP contribution is -2.28. The van der Waals surface area contributed by atoms with E-state index in [1.807, 2.05) is 51.1 Å². The van der Waals surface area contributed by atoms with E-state index in [0.29, 0.717) is 35.5 Å². The van der Waals surface area contributed by atoms with Crippen molar-refractivity contribution in [3.05, 3.63) is 83.4 Å². The Hall–Kier alpha value is -4.53. The Balaban J connectivity index is 1.23. The fourth-order valence-electron chi connectivity index (χ4n) is 4.38. The number of hydrogen-bond acceptors (Lipinski definition) is 6. The fraction of sp³-hybridized carbons (Fsp3) is 0.250. The molecular weight excluding hydrogens is 468 g/mol. The van der Waals surface area contributed by atoms with Crippen LogP contribution in [0, 0.1) is 33.6 Å². The Kier molecular flexibility index (Phi) is 6.43. The standard InChI is InChI=1S/C28H28N6O3/c1-17-5-9-23(10-6-17)33-16-21(14-27(33)35)28(36)31-22-7-11-24(12-8-22)37-26-15-25(29-20(4)30-26)34-19(3)13-18(2)32-34/h5-13,15,21H,14,16H2,1-4H3,(H,31,36). The lowest BCUT2D eigenvalue weighted by molar-refractivity contribution is -0.122. The molecule has 5 rings (SSSR count). The second-order valence-corrected chi connectivity index (χ2v) is 9.31. The zero-order valence-electron chi connectivity index (χ0n) is 21.2. The van der Waals surface area contributed by atoms with Crippen LogP contribution < -0.4 is 15.0 Å². The van der Waals surface area contributed by atoms with Gasteiger partial charge in [-0.25, -0.2) is 9.67 Å². The predicted molar refractivity (Wildman–Crippen MR) is 140 cm³/mol. The van der Waals surface area contributed by atoms with Crippen LogP contribution in [0.1, 0.15) is 29.2 Å². The molecule has 1 aliphatic heterocycles. The first-order valence-electron chi connectivity index (χ1n) is 12.1. The Morgan fingerprint density at radius 1 is 0.973 bits per heavy atom. The molecule has 9 nitrogen and oxygen atoms in total. The summed E-state index contributed by atoms with van der Waals surface area (Å²) in [7, 11) is 0. The van der Waals surface area contributed by atoms with Gasteiger partial charge >= 0.3 is 0 Å². The molecule has 2 amide bonds. The van der Waals surface area contributed by atoms with Crippen LogP contribution in [-0.4, -0.2) is 38.1 Å². The van der Waals surface area contributed by atoms with Crippen LogP contribution in [0.25, 0.3) is 5.82 Å². The summed E-state index contributed by atoms with van der Waals surface area (Å²) < 4.78 is 7.71. The zero-order valence-corrected chi connectivity index (χ0v) is 21.2. The third kappa shape index (κ3) is 5.35. The molecule has 1 aliphatic rings. The number of nitrogens with zero attached hydrogens (tertiary/aromatic N) is 5. The number of amides is 2. The van der Waals surface area contributed by atoms with Crippen molar-refractivity contribution in [2.75, 3.05) is 16.8 Å². The SMILES string of the molecule is Cc1ccc(N2CC(C(=O)Nc3ccc(Oc4cc(-n5nc(C)cc5C)nc(C)n4)cc3)CC2=O)cc1. The van der Waals surface area contributed by atoms with Gasteiger partial charge in [0.2, 0.25) is 17.7 Å². The molecule has 0 bridgehead atoms. The van der Waals surface area contributed by atoms with E-state index in [9.17, 15) is 9.59 Å². The molecule has 9 heteroatoms. The Bertz CT molecular complexity index is 1460. The van der Waals surface area contributed by atoms with E-state index in [0.717, 1.165) is 22.6 Å². The molecular formula is C28H28N6O3. The molecule has 3 heterocycles. The number of carbonyl (C=O) groups is 2. The zero-order chi connectivity index (χ0) is 26.1. The van der Waals surface area contributed by atoms with E-state index in [4.69, 9.17) is 4.74 Å². The average molecular weight is 497 g/mol. The van der Waals surface area contributed by atoms with Crippen LogP contribution in [-0.2, 0) is 9.59 Å². The highest BCUT2D eigenvalue weighted by atomic mass is 16.5. The van der Waals surface area contributed by atoms with E-state index >= 15 is 0 Å². The van der Waals surface area contributed by atoms with Gasteiger partial charge in [0.1, 0.15) is 11.6 Å². The molecule has 0 aliphatic carbocycles. The molecule has 1 fully saturated rings. The van der Waals surface area contributed by atoms with Crippen LogP contribution in [0.5, 0.6) is 11.6 Å². The molecule has 1 N–H and O–H groups in total. The average Bonchev–Trinajstić information content (AvgIpc) is 3.41. The first-order chi connectivity index (χ1) is 17.7. The molecule has 1 atom stereocenters. The van der Waals surface area contributed by atoms with Crippen molar-refractivity contribution < 1.29 is 14.3 Å². The van der Waals surface area contributed by atoms with Crippen LogP contribution in [0.3, 0.4) is 0 Å². The molecule has 188 valence electrons. The molecule has 0 saturated carbocycles. The highest BCUT2D eigenvalue weighted by Gasteiger charge is 2.35. The third-order valence-corrected chi connectivity index (χ3v) is 6.21. The summed E-state index contributed by atoms with van der Waals surface area (Å²) in [6.07, 6.45) is 0.186. The number of ether oxygens (including phenoxy) is 1. The number of hydrogen-bond donors (Lipinski definition) is 1. The maximum absolute atomic E-state index is 12.9. The highest BCUT2D eigenvalue weighted by Crippen LogP contribution is 2.27. The van der Waals surface area contributed by atoms with Crippen LogP contribution in [0.2, 0.25) is 0 Å². The van der Waals surface area contributed by atoms with Gasteiger partial charge in [-0.2, -0.15) is 10.1 Å². The maximum atomic E-state index is 12.9. The van der Waals surface area contributed by atoms with Crippen molar-refractivity contribution in [2.24, 2.45) is 5.92 Å². The predicted octanol–water partition coefficient (Wildman–Crippen LogP) is 4.68. The summed E-state index contributed by atoms with van der Waals surface area (Å²) in [5.74, 6) is 1.51. The Morgan fingerprint density at radius 2 is 1.70 bits per heavy atom. The van der Waals surface area contributed by atoms with Crippen molar-refractivity contribution in [3.63, 3.8) is 0 Å². The minimum Gasteiger partial charge on any atom is -0.439 e. The first-order valence-corrected chi connectivity index (χ1v) is 12.1. The Labute approximate surface area is 215 Å². The lowest BCUT2D eigenvalue weighted by Gasteiger charge is -2.17. The minimum atomic E-state index is -0.415. The summed E-state index contributed by atoms with van der Waals surface area (Å²) >= 11 is 0. The largest absolute Gasteiger partial charge is 0.439 e. The van der Waals surface area contributed by atoms with Crippen LogP contribution in [0.15, 0.2) is 60.7 Å². The van der Waals surface area contributed by atoms with Crippen molar-refractivity contribution in [2.45, 2.75) is 34.1 Å². The molecule has 0 radical (unpaired) electrons. The van der Waals surface area contributed by atoms with E-state index in [1.54, 1.807) is 46.8 Å². The highest BCUT2D eigenvalue weighted by molar-refractivity contribution is 6.03. The van der Waals surface area contributed by atoms with Crippen LogP contribution >= 0.6 is 0 Å². The lowest BCUT2D eigenvalue weighted by atomic mass is 10.1. The summed E-state index contributed by atoms with van der Waals surface area (Å²) in [5.41, 5.74) is 4.43. The van der Waals surface area contributed by atoms with E-state index in [-0.39, 0.29) is 18.2 Å². The quantitative estimate of drug-likeness (QED) is 0.416. The second-order valence-electron chi connectivity index (χ2n) is 9.31. The Morgan fingerprint density at radius 3 is 2.38 bits per heavy atom. The molecule has 0 spiro atoms. The number of rotatable bonds is 6. The van der Waals surface area contributed by atoms with Gasteiger partial charge in [0, 0.05) is 36.1 Å². The van der Waals surface area contributed by atoms with Gasteiger partial charge in [-0.1, -0.05) is 17.7 Å². The van der Waals surface area contributed by atoms with Gasteiger partial charge in [-0.15, -0.1) is 0 Å². The summed E-state index contributed by atoms with van der Waals surface area (Å²) in [4.78, 5) is 35.9. The van der Waals surface area contributed by atoms with Crippen LogP contribution in [0.4, 0.5) is 11.4 Å². The topological polar surface area (TPSA) is 102 Å². The van der Waals surface area contributed by atoms with Gasteiger partial charge in [0.05, 0.1) is 11.6 Å². The molecule has 4 aromatic rings. The van der Waals surface area contributed by atoms with Gasteiger partial charge in [0.15, 0.2) is 5.82 Å². The van der Waals surface area contributed by atoms with Crippen molar-refractivity contribution in [1.82, 2.24) is 19.7 Å². The first kappa shape index (κ1) is 24.2. The number of aromatic nitrogens is 4. The monoisotopic (exact) mass is 496 g/mol. The van der Waals surface area contributed by atoms with Gasteiger partial charge < -0.3 is 15.0 Å². The number of nitrogens with one attached hydrogen (secondary N) is 1. The number of aryl methyl sites for hydroxylation is 4. The smallest absolute Gasteiger partial charge is 0.229 e. The van der Waals surface area contributed by atoms with Crippen molar-refractivity contribution >= 4 is 23.2 Å². The van der Waals surface area contributed by atoms with E-state index in [2.05, 4.69) is 20.4 Å². The van der Waals surface area contributed by atoms with Gasteiger partial charge in [-0.3, -0.25) is 9.59 Å². The molecule has 37 heavy (non-hydrogen) atoms. The van der Waals surface area contributed by atoms with Gasteiger partial charge in [-0.05, 0) is 70.2 Å². The van der Waals surface area contributed by atoms with E-state index < -0.39 is 5.92 Å². The number of carbonyl (C=O) groups excluding carboxylic acids is 2. The molecule has 2 aromatic carbocycles.